The Morgan fingerprint density at radius 1 is 1.32 bits per heavy atom. The topological polar surface area (TPSA) is 83.4 Å². The summed E-state index contributed by atoms with van der Waals surface area (Å²) in [7, 11) is 0. The number of carboxylic acids is 1. The second kappa shape index (κ2) is 5.71. The smallest absolute Gasteiger partial charge is 0.308 e. The van der Waals surface area contributed by atoms with E-state index in [9.17, 15) is 9.59 Å². The largest absolute Gasteiger partial charge is 0.481 e. The maximum Gasteiger partial charge on any atom is 0.308 e. The molecule has 6 heteroatoms. The minimum absolute atomic E-state index is 0.127. The number of amides is 1. The first kappa shape index (κ1) is 14.4. The van der Waals surface area contributed by atoms with Crippen LogP contribution in [0, 0.1) is 5.92 Å². The van der Waals surface area contributed by atoms with Gasteiger partial charge in [-0.1, -0.05) is 19.1 Å². The van der Waals surface area contributed by atoms with E-state index in [1.165, 1.54) is 6.20 Å². The standard InChI is InChI=1S/C16H17N3O3/c1-10(16(21)22)9-19(11-6-7-11)15(20)14-8-17-12-4-2-3-5-13(12)18-14/h2-5,8,10-11H,6-7,9H2,1H3,(H,21,22). The van der Waals surface area contributed by atoms with E-state index in [0.717, 1.165) is 18.4 Å². The van der Waals surface area contributed by atoms with E-state index in [1.54, 1.807) is 17.9 Å². The third-order valence-electron chi connectivity index (χ3n) is 3.81. The highest BCUT2D eigenvalue weighted by molar-refractivity contribution is 5.94. The molecule has 0 bridgehead atoms. The van der Waals surface area contributed by atoms with Gasteiger partial charge in [0.05, 0.1) is 23.1 Å². The van der Waals surface area contributed by atoms with Crippen LogP contribution in [0.4, 0.5) is 0 Å². The Hall–Kier alpha value is -2.50. The summed E-state index contributed by atoms with van der Waals surface area (Å²) in [6, 6.07) is 7.48. The molecule has 3 rings (SSSR count). The molecule has 22 heavy (non-hydrogen) atoms. The maximum atomic E-state index is 12.7. The number of benzene rings is 1. The number of aromatic nitrogens is 2. The Morgan fingerprint density at radius 3 is 2.64 bits per heavy atom. The predicted molar refractivity (Wildman–Crippen MR) is 80.4 cm³/mol. The molecule has 1 atom stereocenters. The Kier molecular flexibility index (Phi) is 3.75. The molecular weight excluding hydrogens is 282 g/mol. The molecule has 1 saturated carbocycles. The Balaban J connectivity index is 1.86. The van der Waals surface area contributed by atoms with Crippen LogP contribution in [0.3, 0.4) is 0 Å². The zero-order chi connectivity index (χ0) is 15.7. The van der Waals surface area contributed by atoms with Crippen molar-refractivity contribution in [2.24, 2.45) is 5.92 Å². The molecule has 6 nitrogen and oxygen atoms in total. The molecule has 114 valence electrons. The van der Waals surface area contributed by atoms with E-state index in [1.807, 2.05) is 18.2 Å². The zero-order valence-corrected chi connectivity index (χ0v) is 12.3. The first-order chi connectivity index (χ1) is 10.6. The van der Waals surface area contributed by atoms with Gasteiger partial charge in [0, 0.05) is 12.6 Å². The Labute approximate surface area is 127 Å². The second-order valence-corrected chi connectivity index (χ2v) is 5.67. The second-order valence-electron chi connectivity index (χ2n) is 5.67. The van der Waals surface area contributed by atoms with Crippen LogP contribution in [0.25, 0.3) is 11.0 Å². The lowest BCUT2D eigenvalue weighted by Gasteiger charge is -2.23. The van der Waals surface area contributed by atoms with Crippen molar-refractivity contribution in [1.29, 1.82) is 0 Å². The number of hydrogen-bond donors (Lipinski definition) is 1. The molecule has 0 saturated heterocycles. The average molecular weight is 299 g/mol. The molecule has 1 unspecified atom stereocenters. The van der Waals surface area contributed by atoms with E-state index in [2.05, 4.69) is 9.97 Å². The Bertz CT molecular complexity index is 727. The van der Waals surface area contributed by atoms with Gasteiger partial charge in [-0.2, -0.15) is 0 Å². The number of carbonyl (C=O) groups excluding carboxylic acids is 1. The van der Waals surface area contributed by atoms with E-state index in [4.69, 9.17) is 5.11 Å². The van der Waals surface area contributed by atoms with Gasteiger partial charge in [-0.05, 0) is 25.0 Å². The fourth-order valence-electron chi connectivity index (χ4n) is 2.36. The minimum atomic E-state index is -0.900. The number of nitrogens with zero attached hydrogens (tertiary/aromatic N) is 3. The molecule has 0 aliphatic heterocycles. The summed E-state index contributed by atoms with van der Waals surface area (Å²) in [5.74, 6) is -1.74. The number of aliphatic carboxylic acids is 1. The summed E-state index contributed by atoms with van der Waals surface area (Å²) in [6.45, 7) is 1.81. The van der Waals surface area contributed by atoms with Crippen molar-refractivity contribution in [3.63, 3.8) is 0 Å². The highest BCUT2D eigenvalue weighted by atomic mass is 16.4. The van der Waals surface area contributed by atoms with E-state index < -0.39 is 11.9 Å². The molecule has 2 aromatic rings. The summed E-state index contributed by atoms with van der Waals surface area (Å²) < 4.78 is 0. The van der Waals surface area contributed by atoms with Crippen LogP contribution in [0.1, 0.15) is 30.3 Å². The summed E-state index contributed by atoms with van der Waals surface area (Å²) in [5, 5.41) is 9.06. The van der Waals surface area contributed by atoms with Gasteiger partial charge >= 0.3 is 5.97 Å². The number of hydrogen-bond acceptors (Lipinski definition) is 4. The van der Waals surface area contributed by atoms with Crippen LogP contribution in [-0.2, 0) is 4.79 Å². The van der Waals surface area contributed by atoms with Crippen molar-refractivity contribution in [1.82, 2.24) is 14.9 Å². The molecule has 1 heterocycles. The Morgan fingerprint density at radius 2 is 2.00 bits per heavy atom. The molecule has 1 aliphatic rings. The van der Waals surface area contributed by atoms with Crippen LogP contribution in [0.15, 0.2) is 30.5 Å². The van der Waals surface area contributed by atoms with Gasteiger partial charge in [0.2, 0.25) is 0 Å². The molecule has 1 N–H and O–H groups in total. The fraction of sp³-hybridized carbons (Fsp3) is 0.375. The van der Waals surface area contributed by atoms with Crippen molar-refractivity contribution < 1.29 is 14.7 Å². The summed E-state index contributed by atoms with van der Waals surface area (Å²) in [5.41, 5.74) is 1.66. The highest BCUT2D eigenvalue weighted by Gasteiger charge is 2.35. The quantitative estimate of drug-likeness (QED) is 0.912. The predicted octanol–water partition coefficient (Wildman–Crippen LogP) is 1.96. The van der Waals surface area contributed by atoms with E-state index in [-0.39, 0.29) is 24.2 Å². The fourth-order valence-corrected chi connectivity index (χ4v) is 2.36. The lowest BCUT2D eigenvalue weighted by Crippen LogP contribution is -2.39. The van der Waals surface area contributed by atoms with Crippen molar-refractivity contribution in [2.75, 3.05) is 6.54 Å². The van der Waals surface area contributed by atoms with E-state index in [0.29, 0.717) is 5.52 Å². The van der Waals surface area contributed by atoms with Crippen LogP contribution >= 0.6 is 0 Å². The highest BCUT2D eigenvalue weighted by Crippen LogP contribution is 2.29. The van der Waals surface area contributed by atoms with Crippen LogP contribution < -0.4 is 0 Å². The van der Waals surface area contributed by atoms with Gasteiger partial charge in [-0.15, -0.1) is 0 Å². The third-order valence-corrected chi connectivity index (χ3v) is 3.81. The van der Waals surface area contributed by atoms with Crippen LogP contribution in [0.2, 0.25) is 0 Å². The number of fused-ring (bicyclic) bond motifs is 1. The molecule has 1 aliphatic carbocycles. The number of rotatable bonds is 5. The molecule has 1 aromatic carbocycles. The average Bonchev–Trinajstić information content (AvgIpc) is 3.35. The SMILES string of the molecule is CC(CN(C(=O)c1cnc2ccccc2n1)C1CC1)C(=O)O. The summed E-state index contributed by atoms with van der Waals surface area (Å²) in [4.78, 5) is 33.9. The summed E-state index contributed by atoms with van der Waals surface area (Å²) in [6.07, 6.45) is 3.30. The zero-order valence-electron chi connectivity index (χ0n) is 12.3. The lowest BCUT2D eigenvalue weighted by molar-refractivity contribution is -0.141. The molecule has 1 aromatic heterocycles. The number of carboxylic acid groups (broad SMARTS) is 1. The van der Waals surface area contributed by atoms with Gasteiger partial charge in [0.15, 0.2) is 0 Å². The number of carbonyl (C=O) groups is 2. The van der Waals surface area contributed by atoms with Gasteiger partial charge in [0.25, 0.3) is 5.91 Å². The molecule has 1 amide bonds. The van der Waals surface area contributed by atoms with Gasteiger partial charge in [-0.25, -0.2) is 4.98 Å². The van der Waals surface area contributed by atoms with E-state index >= 15 is 0 Å². The lowest BCUT2D eigenvalue weighted by atomic mass is 10.1. The third kappa shape index (κ3) is 2.90. The van der Waals surface area contributed by atoms with Crippen molar-refractivity contribution in [3.8, 4) is 0 Å². The molecule has 1 fully saturated rings. The molecule has 0 radical (unpaired) electrons. The van der Waals surface area contributed by atoms with Gasteiger partial charge < -0.3 is 10.0 Å². The van der Waals surface area contributed by atoms with Gasteiger partial charge in [0.1, 0.15) is 5.69 Å². The molecular formula is C16H17N3O3. The van der Waals surface area contributed by atoms with Crippen LogP contribution in [0.5, 0.6) is 0 Å². The maximum absolute atomic E-state index is 12.7. The van der Waals surface area contributed by atoms with Crippen LogP contribution in [-0.4, -0.2) is 44.4 Å². The normalized spacial score (nSPS) is 15.5. The van der Waals surface area contributed by atoms with Crippen molar-refractivity contribution >= 4 is 22.9 Å². The minimum Gasteiger partial charge on any atom is -0.481 e. The monoisotopic (exact) mass is 299 g/mol. The van der Waals surface area contributed by atoms with Gasteiger partial charge in [-0.3, -0.25) is 14.6 Å². The molecule has 0 spiro atoms. The first-order valence-electron chi connectivity index (χ1n) is 7.32. The first-order valence-corrected chi connectivity index (χ1v) is 7.32. The number of para-hydroxylation sites is 2. The van der Waals surface area contributed by atoms with Crippen molar-refractivity contribution in [2.45, 2.75) is 25.8 Å². The summed E-state index contributed by atoms with van der Waals surface area (Å²) >= 11 is 0. The van der Waals surface area contributed by atoms with Crippen molar-refractivity contribution in [3.05, 3.63) is 36.2 Å².